The van der Waals surface area contributed by atoms with Gasteiger partial charge >= 0.3 is 0 Å². The third kappa shape index (κ3) is 5.56. The molecular formula is C20H23I2N3O. The highest BCUT2D eigenvalue weighted by Crippen LogP contribution is 2.32. The molecule has 4 nitrogen and oxygen atoms in total. The Kier molecular flexibility index (Phi) is 7.16. The summed E-state index contributed by atoms with van der Waals surface area (Å²) in [6.07, 6.45) is 5.63. The average molecular weight is 575 g/mol. The Morgan fingerprint density at radius 3 is 2.35 bits per heavy atom. The molecule has 0 bridgehead atoms. The highest BCUT2D eigenvalue weighted by atomic mass is 127. The lowest BCUT2D eigenvalue weighted by atomic mass is 10.1. The fourth-order valence-electron chi connectivity index (χ4n) is 2.94. The Morgan fingerprint density at radius 2 is 1.65 bits per heavy atom. The van der Waals surface area contributed by atoms with E-state index < -0.39 is 0 Å². The Balaban J connectivity index is 1.71. The SMILES string of the molecule is Cc1cc(Oc2cc(I)cc(I)c2)c(C)cc1/N=C/NN1CCCCC1. The number of halogens is 2. The van der Waals surface area contributed by atoms with Crippen molar-refractivity contribution in [3.63, 3.8) is 0 Å². The van der Waals surface area contributed by atoms with Gasteiger partial charge in [-0.3, -0.25) is 0 Å². The summed E-state index contributed by atoms with van der Waals surface area (Å²) in [5.74, 6) is 1.75. The van der Waals surface area contributed by atoms with E-state index in [1.165, 1.54) is 26.4 Å². The number of benzene rings is 2. The van der Waals surface area contributed by atoms with Gasteiger partial charge in [-0.15, -0.1) is 0 Å². The Morgan fingerprint density at radius 1 is 0.962 bits per heavy atom. The summed E-state index contributed by atoms with van der Waals surface area (Å²) in [6, 6.07) is 10.4. The van der Waals surface area contributed by atoms with Crippen molar-refractivity contribution in [2.75, 3.05) is 13.1 Å². The van der Waals surface area contributed by atoms with E-state index in [1.807, 2.05) is 12.1 Å². The molecule has 0 spiro atoms. The number of hydrogen-bond donors (Lipinski definition) is 1. The van der Waals surface area contributed by atoms with Gasteiger partial charge in [0.2, 0.25) is 0 Å². The average Bonchev–Trinajstić information content (AvgIpc) is 2.59. The zero-order valence-corrected chi connectivity index (χ0v) is 19.4. The van der Waals surface area contributed by atoms with Crippen molar-refractivity contribution < 1.29 is 4.74 Å². The summed E-state index contributed by atoms with van der Waals surface area (Å²) >= 11 is 4.63. The predicted octanol–water partition coefficient (Wildman–Crippen LogP) is 5.96. The van der Waals surface area contributed by atoms with Gasteiger partial charge in [-0.1, -0.05) is 6.42 Å². The fourth-order valence-corrected chi connectivity index (χ4v) is 4.82. The first-order valence-electron chi connectivity index (χ1n) is 8.80. The summed E-state index contributed by atoms with van der Waals surface area (Å²) in [4.78, 5) is 4.60. The van der Waals surface area contributed by atoms with Crippen LogP contribution in [-0.4, -0.2) is 24.4 Å². The van der Waals surface area contributed by atoms with Crippen LogP contribution in [0, 0.1) is 21.0 Å². The lowest BCUT2D eigenvalue weighted by Crippen LogP contribution is -2.40. The van der Waals surface area contributed by atoms with E-state index >= 15 is 0 Å². The van der Waals surface area contributed by atoms with Crippen LogP contribution in [0.1, 0.15) is 30.4 Å². The molecule has 2 aromatic carbocycles. The number of hydrogen-bond acceptors (Lipinski definition) is 3. The topological polar surface area (TPSA) is 36.9 Å². The summed E-state index contributed by atoms with van der Waals surface area (Å²) in [7, 11) is 0. The van der Waals surface area contributed by atoms with Crippen molar-refractivity contribution in [2.45, 2.75) is 33.1 Å². The van der Waals surface area contributed by atoms with Crippen molar-refractivity contribution in [3.05, 3.63) is 48.6 Å². The van der Waals surface area contributed by atoms with E-state index in [2.05, 4.69) is 92.7 Å². The minimum absolute atomic E-state index is 0.867. The van der Waals surface area contributed by atoms with E-state index in [0.29, 0.717) is 0 Å². The minimum Gasteiger partial charge on any atom is -0.457 e. The molecule has 138 valence electrons. The number of aliphatic imine (C=N–C) groups is 1. The molecule has 6 heteroatoms. The van der Waals surface area contributed by atoms with Crippen LogP contribution >= 0.6 is 45.2 Å². The number of ether oxygens (including phenoxy) is 1. The van der Waals surface area contributed by atoms with Crippen LogP contribution in [0.15, 0.2) is 35.3 Å². The summed E-state index contributed by atoms with van der Waals surface area (Å²) in [5.41, 5.74) is 6.44. The first kappa shape index (κ1) is 19.9. The van der Waals surface area contributed by atoms with E-state index in [-0.39, 0.29) is 0 Å². The van der Waals surface area contributed by atoms with Crippen LogP contribution < -0.4 is 10.2 Å². The lowest BCUT2D eigenvalue weighted by molar-refractivity contribution is 0.197. The maximum Gasteiger partial charge on any atom is 0.130 e. The molecule has 3 rings (SSSR count). The maximum absolute atomic E-state index is 6.12. The van der Waals surface area contributed by atoms with E-state index in [9.17, 15) is 0 Å². The van der Waals surface area contributed by atoms with Crippen molar-refractivity contribution in [1.29, 1.82) is 0 Å². The van der Waals surface area contributed by atoms with Crippen LogP contribution in [0.25, 0.3) is 0 Å². The van der Waals surface area contributed by atoms with Crippen molar-refractivity contribution in [3.8, 4) is 11.5 Å². The zero-order chi connectivity index (χ0) is 18.5. The number of hydrazine groups is 1. The smallest absolute Gasteiger partial charge is 0.130 e. The summed E-state index contributed by atoms with van der Waals surface area (Å²) in [5, 5.41) is 2.23. The van der Waals surface area contributed by atoms with Crippen molar-refractivity contribution in [2.24, 2.45) is 4.99 Å². The second-order valence-electron chi connectivity index (χ2n) is 6.55. The molecule has 0 aromatic heterocycles. The minimum atomic E-state index is 0.867. The monoisotopic (exact) mass is 575 g/mol. The molecular weight excluding hydrogens is 552 g/mol. The standard InChI is InChI=1S/C20H23I2N3O/c1-14-9-20(26-18-11-16(21)10-17(22)12-18)15(2)8-19(14)23-13-24-25-6-4-3-5-7-25/h8-13H,3-7H2,1-2H3,(H,23,24). The van der Waals surface area contributed by atoms with E-state index in [4.69, 9.17) is 4.74 Å². The quantitative estimate of drug-likeness (QED) is 0.272. The Labute approximate surface area is 182 Å². The van der Waals surface area contributed by atoms with Crippen LogP contribution in [0.3, 0.4) is 0 Å². The van der Waals surface area contributed by atoms with Gasteiger partial charge in [0.15, 0.2) is 0 Å². The Hall–Kier alpha value is -0.870. The first-order valence-corrected chi connectivity index (χ1v) is 11.0. The van der Waals surface area contributed by atoms with Gasteiger partial charge in [0, 0.05) is 20.2 Å². The summed E-state index contributed by atoms with van der Waals surface area (Å²) < 4.78 is 8.46. The van der Waals surface area contributed by atoms with E-state index in [1.54, 1.807) is 6.34 Å². The molecule has 1 N–H and O–H groups in total. The molecule has 1 heterocycles. The second kappa shape index (κ2) is 9.36. The van der Waals surface area contributed by atoms with Crippen LogP contribution in [-0.2, 0) is 0 Å². The third-order valence-corrected chi connectivity index (χ3v) is 5.60. The number of nitrogens with one attached hydrogen (secondary N) is 1. The van der Waals surface area contributed by atoms with Crippen molar-refractivity contribution in [1.82, 2.24) is 10.4 Å². The molecule has 2 aromatic rings. The highest BCUT2D eigenvalue weighted by molar-refractivity contribution is 14.1. The van der Waals surface area contributed by atoms with Crippen LogP contribution in [0.5, 0.6) is 11.5 Å². The molecule has 1 aliphatic heterocycles. The lowest BCUT2D eigenvalue weighted by Gasteiger charge is -2.25. The molecule has 1 aliphatic rings. The number of rotatable bonds is 5. The van der Waals surface area contributed by atoms with Gasteiger partial charge in [0.25, 0.3) is 0 Å². The van der Waals surface area contributed by atoms with Gasteiger partial charge < -0.3 is 10.2 Å². The van der Waals surface area contributed by atoms with Gasteiger partial charge in [0.1, 0.15) is 17.8 Å². The number of nitrogens with zero attached hydrogens (tertiary/aromatic N) is 2. The van der Waals surface area contributed by atoms with Gasteiger partial charge in [0.05, 0.1) is 5.69 Å². The molecule has 1 fully saturated rings. The molecule has 0 atom stereocenters. The number of piperidine rings is 1. The maximum atomic E-state index is 6.12. The highest BCUT2D eigenvalue weighted by Gasteiger charge is 2.09. The third-order valence-electron chi connectivity index (χ3n) is 4.36. The zero-order valence-electron chi connectivity index (χ0n) is 15.1. The predicted molar refractivity (Wildman–Crippen MR) is 125 cm³/mol. The molecule has 0 radical (unpaired) electrons. The first-order chi connectivity index (χ1) is 12.5. The number of aryl methyl sites for hydroxylation is 2. The van der Waals surface area contributed by atoms with Gasteiger partial charge in [-0.2, -0.15) is 0 Å². The molecule has 1 saturated heterocycles. The van der Waals surface area contributed by atoms with Gasteiger partial charge in [-0.05, 0) is 113 Å². The molecule has 0 aliphatic carbocycles. The second-order valence-corrected chi connectivity index (χ2v) is 9.04. The molecule has 0 saturated carbocycles. The van der Waals surface area contributed by atoms with Crippen LogP contribution in [0.4, 0.5) is 5.69 Å². The molecule has 26 heavy (non-hydrogen) atoms. The molecule has 0 amide bonds. The van der Waals surface area contributed by atoms with Gasteiger partial charge in [-0.25, -0.2) is 10.0 Å². The fraction of sp³-hybridized carbons (Fsp3) is 0.350. The largest absolute Gasteiger partial charge is 0.457 e. The van der Waals surface area contributed by atoms with Crippen LogP contribution in [0.2, 0.25) is 0 Å². The molecule has 0 unspecified atom stereocenters. The van der Waals surface area contributed by atoms with Crippen molar-refractivity contribution >= 4 is 57.2 Å². The van der Waals surface area contributed by atoms with E-state index in [0.717, 1.165) is 41.4 Å². The summed E-state index contributed by atoms with van der Waals surface area (Å²) in [6.45, 7) is 6.31. The normalized spacial score (nSPS) is 15.4. The Bertz CT molecular complexity index is 782.